The molecule has 1 aromatic heterocycles. The number of carbonyl (C=O) groups excluding carboxylic acids is 2. The summed E-state index contributed by atoms with van der Waals surface area (Å²) in [6.45, 7) is 4.61. The highest BCUT2D eigenvalue weighted by Crippen LogP contribution is 2.23. The molecule has 2 aromatic carbocycles. The molecule has 0 aliphatic heterocycles. The maximum absolute atomic E-state index is 12.6. The highest BCUT2D eigenvalue weighted by molar-refractivity contribution is 7.87. The van der Waals surface area contributed by atoms with E-state index >= 15 is 0 Å². The van der Waals surface area contributed by atoms with Gasteiger partial charge in [-0.25, -0.2) is 9.78 Å². The summed E-state index contributed by atoms with van der Waals surface area (Å²) in [7, 11) is -4.05. The number of hydrogen-bond donors (Lipinski definition) is 0. The van der Waals surface area contributed by atoms with Gasteiger partial charge in [-0.3, -0.25) is 4.79 Å². The van der Waals surface area contributed by atoms with Crippen molar-refractivity contribution in [1.82, 2.24) is 4.98 Å². The fourth-order valence-electron chi connectivity index (χ4n) is 2.87. The zero-order valence-electron chi connectivity index (χ0n) is 18.1. The lowest BCUT2D eigenvalue weighted by molar-refractivity contribution is -0.122. The van der Waals surface area contributed by atoms with Crippen LogP contribution < -0.4 is 4.18 Å². The van der Waals surface area contributed by atoms with Crippen molar-refractivity contribution in [3.63, 3.8) is 0 Å². The monoisotopic (exact) mass is 484 g/mol. The highest BCUT2D eigenvalue weighted by atomic mass is 32.2. The topological polar surface area (TPSA) is 123 Å². The molecule has 1 atom stereocenters. The van der Waals surface area contributed by atoms with E-state index in [1.165, 1.54) is 41.7 Å². The molecule has 0 spiro atoms. The van der Waals surface area contributed by atoms with Crippen LogP contribution in [-0.4, -0.2) is 31.8 Å². The van der Waals surface area contributed by atoms with Gasteiger partial charge in [0.25, 0.3) is 0 Å². The lowest BCUT2D eigenvalue weighted by Gasteiger charge is -2.11. The number of thiazole rings is 1. The molecular formula is C23H20N2O6S2. The Labute approximate surface area is 195 Å². The van der Waals surface area contributed by atoms with Crippen LogP contribution in [0.5, 0.6) is 5.75 Å². The Bertz CT molecular complexity index is 1340. The van der Waals surface area contributed by atoms with E-state index in [1.807, 2.05) is 6.07 Å². The maximum Gasteiger partial charge on any atom is 0.339 e. The predicted molar refractivity (Wildman–Crippen MR) is 121 cm³/mol. The molecule has 8 nitrogen and oxygen atoms in total. The summed E-state index contributed by atoms with van der Waals surface area (Å²) >= 11 is 1.19. The van der Waals surface area contributed by atoms with Crippen LogP contribution in [0, 0.1) is 32.1 Å². The minimum atomic E-state index is -4.05. The van der Waals surface area contributed by atoms with Crippen LogP contribution in [0.2, 0.25) is 0 Å². The van der Waals surface area contributed by atoms with Crippen LogP contribution in [0.1, 0.15) is 38.1 Å². The summed E-state index contributed by atoms with van der Waals surface area (Å²) in [6, 6.07) is 12.2. The molecule has 10 heteroatoms. The standard InChI is InChI=1S/C23H20N2O6S2/c1-14-4-5-15(2)21(10-14)33(28,29)31-18-8-6-17(7-9-18)23(27)30-12-20(26)19(11-24)22-25-16(3)13-32-22/h4-10,13,19H,12H2,1-3H3/t19-/m0/s1. The smallest absolute Gasteiger partial charge is 0.339 e. The summed E-state index contributed by atoms with van der Waals surface area (Å²) < 4.78 is 35.4. The van der Waals surface area contributed by atoms with Gasteiger partial charge < -0.3 is 8.92 Å². The average Bonchev–Trinajstić information content (AvgIpc) is 3.20. The van der Waals surface area contributed by atoms with Crippen LogP contribution >= 0.6 is 11.3 Å². The molecule has 33 heavy (non-hydrogen) atoms. The summed E-state index contributed by atoms with van der Waals surface area (Å²) in [5.74, 6) is -2.46. The largest absolute Gasteiger partial charge is 0.454 e. The van der Waals surface area contributed by atoms with Crippen molar-refractivity contribution in [2.45, 2.75) is 31.6 Å². The number of aryl methyl sites for hydroxylation is 3. The van der Waals surface area contributed by atoms with Crippen molar-refractivity contribution in [2.24, 2.45) is 0 Å². The number of rotatable bonds is 8. The number of hydrogen-bond acceptors (Lipinski definition) is 9. The van der Waals surface area contributed by atoms with Crippen molar-refractivity contribution in [3.05, 3.63) is 75.2 Å². The first-order valence-electron chi connectivity index (χ1n) is 9.74. The van der Waals surface area contributed by atoms with Gasteiger partial charge in [0.15, 0.2) is 18.3 Å². The Morgan fingerprint density at radius 2 is 1.82 bits per heavy atom. The van der Waals surface area contributed by atoms with Crippen molar-refractivity contribution in [2.75, 3.05) is 6.61 Å². The second-order valence-electron chi connectivity index (χ2n) is 7.26. The lowest BCUT2D eigenvalue weighted by Crippen LogP contribution is -2.20. The van der Waals surface area contributed by atoms with Crippen LogP contribution in [0.3, 0.4) is 0 Å². The first-order chi connectivity index (χ1) is 15.6. The van der Waals surface area contributed by atoms with Gasteiger partial charge in [0.05, 0.1) is 11.6 Å². The quantitative estimate of drug-likeness (QED) is 0.349. The molecule has 0 amide bonds. The third-order valence-corrected chi connectivity index (χ3v) is 7.01. The number of ketones is 1. The maximum atomic E-state index is 12.6. The molecule has 0 bridgehead atoms. The summed E-state index contributed by atoms with van der Waals surface area (Å²) in [6.07, 6.45) is 0. The summed E-state index contributed by atoms with van der Waals surface area (Å²) in [4.78, 5) is 28.8. The van der Waals surface area contributed by atoms with Crippen LogP contribution in [0.15, 0.2) is 52.7 Å². The first kappa shape index (κ1) is 24.1. The van der Waals surface area contributed by atoms with E-state index in [9.17, 15) is 23.3 Å². The fraction of sp³-hybridized carbons (Fsp3) is 0.217. The Morgan fingerprint density at radius 1 is 1.12 bits per heavy atom. The molecule has 0 radical (unpaired) electrons. The Balaban J connectivity index is 1.64. The first-order valence-corrected chi connectivity index (χ1v) is 12.0. The fourth-order valence-corrected chi connectivity index (χ4v) is 4.98. The van der Waals surface area contributed by atoms with Crippen molar-refractivity contribution in [3.8, 4) is 11.8 Å². The normalized spacial score (nSPS) is 11.9. The number of nitriles is 1. The summed E-state index contributed by atoms with van der Waals surface area (Å²) in [5, 5.41) is 11.3. The molecular weight excluding hydrogens is 464 g/mol. The average molecular weight is 485 g/mol. The zero-order valence-corrected chi connectivity index (χ0v) is 19.7. The van der Waals surface area contributed by atoms with Crippen molar-refractivity contribution in [1.29, 1.82) is 5.26 Å². The lowest BCUT2D eigenvalue weighted by atomic mass is 10.1. The minimum Gasteiger partial charge on any atom is -0.454 e. The molecule has 3 rings (SSSR count). The highest BCUT2D eigenvalue weighted by Gasteiger charge is 2.25. The molecule has 0 aliphatic rings. The number of benzene rings is 2. The number of aromatic nitrogens is 1. The van der Waals surface area contributed by atoms with Gasteiger partial charge in [-0.15, -0.1) is 11.3 Å². The van der Waals surface area contributed by atoms with E-state index in [-0.39, 0.29) is 16.2 Å². The van der Waals surface area contributed by atoms with Gasteiger partial charge in [0, 0.05) is 11.1 Å². The SMILES string of the molecule is Cc1ccc(C)c(S(=O)(=O)Oc2ccc(C(=O)OCC(=O)[C@H](C#N)c3nc(C)cs3)cc2)c1. The van der Waals surface area contributed by atoms with Gasteiger partial charge in [-0.05, 0) is 62.2 Å². The minimum absolute atomic E-state index is 0.0206. The van der Waals surface area contributed by atoms with Crippen molar-refractivity contribution < 1.29 is 26.9 Å². The molecule has 3 aromatic rings. The van der Waals surface area contributed by atoms with Crippen molar-refractivity contribution >= 4 is 33.2 Å². The summed E-state index contributed by atoms with van der Waals surface area (Å²) in [5.41, 5.74) is 2.12. The van der Waals surface area contributed by atoms with Crippen LogP contribution in [-0.2, 0) is 19.6 Å². The molecule has 1 heterocycles. The number of Topliss-reactive ketones (excluding diaryl/α,β-unsaturated/α-hetero) is 1. The van der Waals surface area contributed by atoms with E-state index in [1.54, 1.807) is 38.3 Å². The number of carbonyl (C=O) groups is 2. The van der Waals surface area contributed by atoms with Gasteiger partial charge >= 0.3 is 16.1 Å². The van der Waals surface area contributed by atoms with E-state index < -0.39 is 34.4 Å². The van der Waals surface area contributed by atoms with Gasteiger partial charge in [0.1, 0.15) is 15.7 Å². The van der Waals surface area contributed by atoms with E-state index in [0.717, 1.165) is 5.56 Å². The van der Waals surface area contributed by atoms with E-state index in [0.29, 0.717) is 16.3 Å². The molecule has 0 saturated heterocycles. The number of esters is 1. The van der Waals surface area contributed by atoms with Gasteiger partial charge in [-0.1, -0.05) is 12.1 Å². The van der Waals surface area contributed by atoms with Gasteiger partial charge in [-0.2, -0.15) is 13.7 Å². The molecule has 0 saturated carbocycles. The van der Waals surface area contributed by atoms with E-state index in [2.05, 4.69) is 4.98 Å². The molecule has 0 fully saturated rings. The molecule has 170 valence electrons. The third kappa shape index (κ3) is 5.83. The number of ether oxygens (including phenoxy) is 1. The second-order valence-corrected chi connectivity index (χ2v) is 9.67. The number of nitrogens with zero attached hydrogens (tertiary/aromatic N) is 2. The Hall–Kier alpha value is -3.55. The third-order valence-electron chi connectivity index (χ3n) is 4.59. The van der Waals surface area contributed by atoms with Crippen LogP contribution in [0.25, 0.3) is 0 Å². The molecule has 0 N–H and O–H groups in total. The predicted octanol–water partition coefficient (Wildman–Crippen LogP) is 3.87. The van der Waals surface area contributed by atoms with E-state index in [4.69, 9.17) is 8.92 Å². The van der Waals surface area contributed by atoms with Crippen LogP contribution in [0.4, 0.5) is 0 Å². The second kappa shape index (κ2) is 9.94. The Kier molecular flexibility index (Phi) is 7.26. The Morgan fingerprint density at radius 3 is 2.42 bits per heavy atom. The zero-order chi connectivity index (χ0) is 24.2. The molecule has 0 unspecified atom stereocenters. The van der Waals surface area contributed by atoms with Gasteiger partial charge in [0.2, 0.25) is 0 Å². The molecule has 0 aliphatic carbocycles.